The average molecular weight is 490 g/mol. The maximum absolute atomic E-state index is 12.9. The topological polar surface area (TPSA) is 65.5 Å². The molecule has 0 fully saturated rings. The number of nitrogens with zero attached hydrogens (tertiary/aromatic N) is 2. The molecular weight excluding hydrogens is 461 g/mol. The van der Waals surface area contributed by atoms with Crippen LogP contribution < -0.4 is 25.4 Å². The first-order valence-corrected chi connectivity index (χ1v) is 13.3. The summed E-state index contributed by atoms with van der Waals surface area (Å²) in [5.41, 5.74) is 1.91. The number of phenolic OH excluding ortho intramolecular Hbond substituents is 1. The Morgan fingerprint density at radius 3 is 2.09 bits per heavy atom. The molecule has 0 saturated carbocycles. The fourth-order valence-corrected chi connectivity index (χ4v) is 7.66. The molecule has 0 atom stereocenters. The number of benzene rings is 3. The Bertz CT molecular complexity index is 1170. The third-order valence-corrected chi connectivity index (χ3v) is 9.46. The van der Waals surface area contributed by atoms with Crippen LogP contribution in [0, 0.1) is 0 Å². The number of rotatable bonds is 9. The fourth-order valence-electron chi connectivity index (χ4n) is 3.57. The van der Waals surface area contributed by atoms with Crippen molar-refractivity contribution < 1.29 is 9.90 Å². The summed E-state index contributed by atoms with van der Waals surface area (Å²) in [4.78, 5) is 19.8. The quantitative estimate of drug-likeness (QED) is 0.353. The summed E-state index contributed by atoms with van der Waals surface area (Å²) >= 11 is 1.67. The number of hydrogen-bond acceptors (Lipinski definition) is 5. The van der Waals surface area contributed by atoms with Crippen LogP contribution in [0.4, 0.5) is 5.13 Å². The predicted octanol–water partition coefficient (Wildman–Crippen LogP) is 3.57. The molecule has 3 aromatic carbocycles. The van der Waals surface area contributed by atoms with E-state index in [1.165, 1.54) is 10.6 Å². The molecule has 5 nitrogen and oxygen atoms in total. The Morgan fingerprint density at radius 1 is 0.941 bits per heavy atom. The van der Waals surface area contributed by atoms with E-state index in [4.69, 9.17) is 4.98 Å². The van der Waals surface area contributed by atoms with Gasteiger partial charge in [-0.2, -0.15) is 0 Å². The minimum absolute atomic E-state index is 0.0355. The van der Waals surface area contributed by atoms with Gasteiger partial charge in [-0.05, 0) is 42.6 Å². The van der Waals surface area contributed by atoms with Crippen molar-refractivity contribution in [2.24, 2.45) is 0 Å². The summed E-state index contributed by atoms with van der Waals surface area (Å²) in [6.07, 6.45) is 0.952. The number of carbonyl (C=O) groups is 1. The van der Waals surface area contributed by atoms with Crippen LogP contribution >= 0.6 is 19.3 Å². The van der Waals surface area contributed by atoms with Crippen molar-refractivity contribution >= 4 is 45.5 Å². The summed E-state index contributed by atoms with van der Waals surface area (Å²) in [7, 11) is 3.14. The summed E-state index contributed by atoms with van der Waals surface area (Å²) in [6.45, 7) is 0.537. The summed E-state index contributed by atoms with van der Waals surface area (Å²) in [5, 5.41) is 15.9. The molecule has 0 spiro atoms. The fraction of sp³-hybridized carbons (Fsp3) is 0.185. The molecule has 0 radical (unpaired) electrons. The Kier molecular flexibility index (Phi) is 7.94. The third kappa shape index (κ3) is 6.02. The van der Waals surface area contributed by atoms with Gasteiger partial charge in [0, 0.05) is 20.6 Å². The molecule has 0 aliphatic heterocycles. The van der Waals surface area contributed by atoms with E-state index < -0.39 is 7.92 Å². The van der Waals surface area contributed by atoms with Crippen LogP contribution in [-0.2, 0) is 17.6 Å². The molecule has 4 rings (SSSR count). The number of carbonyl (C=O) groups excluding carboxylic acids is 1. The summed E-state index contributed by atoms with van der Waals surface area (Å²) < 4.78 is 1.16. The number of amides is 1. The van der Waals surface area contributed by atoms with Crippen molar-refractivity contribution in [2.75, 3.05) is 25.5 Å². The highest BCUT2D eigenvalue weighted by atomic mass is 32.1. The minimum atomic E-state index is -0.828. The summed E-state index contributed by atoms with van der Waals surface area (Å²) in [6, 6.07) is 28.0. The lowest BCUT2D eigenvalue weighted by Gasteiger charge is -2.18. The van der Waals surface area contributed by atoms with E-state index >= 15 is 0 Å². The SMILES string of the molecule is CN(C)c1nc(CC(=O)NCCc2ccc(O)cc2)c(P(c2ccccc2)c2ccccc2)s1. The molecular formula is C27H28N3O2PS. The van der Waals surface area contributed by atoms with Crippen molar-refractivity contribution in [1.82, 2.24) is 10.3 Å². The summed E-state index contributed by atoms with van der Waals surface area (Å²) in [5.74, 6) is 0.209. The van der Waals surface area contributed by atoms with Crippen LogP contribution in [0.15, 0.2) is 84.9 Å². The first-order valence-electron chi connectivity index (χ1n) is 11.1. The zero-order valence-corrected chi connectivity index (χ0v) is 21.0. The van der Waals surface area contributed by atoms with Crippen molar-refractivity contribution in [3.63, 3.8) is 0 Å². The van der Waals surface area contributed by atoms with Crippen LogP contribution in [0.2, 0.25) is 0 Å². The van der Waals surface area contributed by atoms with Gasteiger partial charge in [-0.15, -0.1) is 0 Å². The van der Waals surface area contributed by atoms with Crippen LogP contribution in [0.3, 0.4) is 0 Å². The number of aromatic nitrogens is 1. The second kappa shape index (κ2) is 11.3. The van der Waals surface area contributed by atoms with Gasteiger partial charge < -0.3 is 15.3 Å². The molecule has 2 N–H and O–H groups in total. The number of aromatic hydroxyl groups is 1. The van der Waals surface area contributed by atoms with Crippen molar-refractivity contribution in [2.45, 2.75) is 12.8 Å². The Morgan fingerprint density at radius 2 is 1.53 bits per heavy atom. The van der Waals surface area contributed by atoms with Crippen molar-refractivity contribution in [3.8, 4) is 5.75 Å². The van der Waals surface area contributed by atoms with Gasteiger partial charge in [-0.25, -0.2) is 4.98 Å². The van der Waals surface area contributed by atoms with E-state index in [2.05, 4.69) is 53.8 Å². The van der Waals surface area contributed by atoms with Gasteiger partial charge >= 0.3 is 0 Å². The third-order valence-electron chi connectivity index (χ3n) is 5.28. The Balaban J connectivity index is 1.57. The molecule has 1 amide bonds. The van der Waals surface area contributed by atoms with Crippen LogP contribution in [0.1, 0.15) is 11.3 Å². The van der Waals surface area contributed by atoms with E-state index in [1.54, 1.807) is 23.5 Å². The molecule has 34 heavy (non-hydrogen) atoms. The van der Waals surface area contributed by atoms with Gasteiger partial charge in [-0.1, -0.05) is 84.1 Å². The molecule has 0 saturated heterocycles. The highest BCUT2D eigenvalue weighted by Crippen LogP contribution is 2.38. The van der Waals surface area contributed by atoms with Crippen molar-refractivity contribution in [3.05, 3.63) is 96.2 Å². The van der Waals surface area contributed by atoms with Crippen molar-refractivity contribution in [1.29, 1.82) is 0 Å². The maximum atomic E-state index is 12.9. The predicted molar refractivity (Wildman–Crippen MR) is 144 cm³/mol. The molecule has 7 heteroatoms. The molecule has 1 aromatic heterocycles. The molecule has 0 unspecified atom stereocenters. The Hall–Kier alpha value is -3.21. The lowest BCUT2D eigenvalue weighted by Crippen LogP contribution is -2.29. The lowest BCUT2D eigenvalue weighted by molar-refractivity contribution is -0.120. The maximum Gasteiger partial charge on any atom is 0.226 e. The van der Waals surface area contributed by atoms with Crippen LogP contribution in [0.25, 0.3) is 0 Å². The van der Waals surface area contributed by atoms with Crippen LogP contribution in [-0.4, -0.2) is 36.6 Å². The van der Waals surface area contributed by atoms with E-state index in [1.807, 2.05) is 43.3 Å². The van der Waals surface area contributed by atoms with E-state index in [-0.39, 0.29) is 18.1 Å². The van der Waals surface area contributed by atoms with Crippen LogP contribution in [0.5, 0.6) is 5.75 Å². The lowest BCUT2D eigenvalue weighted by atomic mass is 10.1. The van der Waals surface area contributed by atoms with E-state index in [0.717, 1.165) is 21.0 Å². The van der Waals surface area contributed by atoms with Gasteiger partial charge in [0.2, 0.25) is 5.91 Å². The van der Waals surface area contributed by atoms with E-state index in [0.29, 0.717) is 13.0 Å². The standard InChI is InChI=1S/C27H28N3O2PS/c1-30(2)27-29-24(19-25(32)28-18-17-20-13-15-21(31)16-14-20)26(34-27)33(22-9-5-3-6-10-22)23-11-7-4-8-12-23/h3-16,31H,17-19H2,1-2H3,(H,28,32). The molecule has 0 aliphatic rings. The number of anilines is 1. The van der Waals surface area contributed by atoms with Gasteiger partial charge in [0.25, 0.3) is 0 Å². The molecule has 1 heterocycles. The average Bonchev–Trinajstić information content (AvgIpc) is 3.25. The Labute approximate surface area is 205 Å². The number of phenols is 1. The first-order chi connectivity index (χ1) is 16.5. The number of nitrogens with one attached hydrogen (secondary N) is 1. The second-order valence-electron chi connectivity index (χ2n) is 8.09. The monoisotopic (exact) mass is 489 g/mol. The molecule has 4 aromatic rings. The number of thiazole rings is 1. The minimum Gasteiger partial charge on any atom is -0.508 e. The zero-order chi connectivity index (χ0) is 23.9. The number of hydrogen-bond donors (Lipinski definition) is 2. The molecule has 174 valence electrons. The molecule has 0 bridgehead atoms. The normalized spacial score (nSPS) is 10.9. The van der Waals surface area contributed by atoms with Gasteiger partial charge in [-0.3, -0.25) is 4.79 Å². The zero-order valence-electron chi connectivity index (χ0n) is 19.3. The van der Waals surface area contributed by atoms with E-state index in [9.17, 15) is 9.90 Å². The largest absolute Gasteiger partial charge is 0.508 e. The smallest absolute Gasteiger partial charge is 0.226 e. The molecule has 0 aliphatic carbocycles. The first kappa shape index (κ1) is 23.9. The highest BCUT2D eigenvalue weighted by molar-refractivity contribution is 7.84. The highest BCUT2D eigenvalue weighted by Gasteiger charge is 2.25. The van der Waals surface area contributed by atoms with Gasteiger partial charge in [0.1, 0.15) is 5.75 Å². The second-order valence-corrected chi connectivity index (χ2v) is 11.5. The van der Waals surface area contributed by atoms with Gasteiger partial charge in [0.05, 0.1) is 16.7 Å². The van der Waals surface area contributed by atoms with Gasteiger partial charge in [0.15, 0.2) is 5.13 Å².